The minimum absolute atomic E-state index is 0.0639. The third-order valence-corrected chi connectivity index (χ3v) is 4.18. The highest BCUT2D eigenvalue weighted by molar-refractivity contribution is 5.97. The van der Waals surface area contributed by atoms with Crippen LogP contribution in [0.4, 0.5) is 5.69 Å². The van der Waals surface area contributed by atoms with E-state index in [-0.39, 0.29) is 11.8 Å². The summed E-state index contributed by atoms with van der Waals surface area (Å²) in [4.78, 5) is 35.4. The second-order valence-corrected chi connectivity index (χ2v) is 6.11. The van der Waals surface area contributed by atoms with Crippen molar-refractivity contribution in [3.8, 4) is 22.8 Å². The molecule has 7 nitrogen and oxygen atoms in total. The monoisotopic (exact) mass is 347 g/mol. The topological polar surface area (TPSA) is 99.8 Å². The van der Waals surface area contributed by atoms with E-state index >= 15 is 0 Å². The number of rotatable bonds is 3. The van der Waals surface area contributed by atoms with Gasteiger partial charge in [-0.3, -0.25) is 9.59 Å². The van der Waals surface area contributed by atoms with Crippen molar-refractivity contribution in [2.45, 2.75) is 13.3 Å². The van der Waals surface area contributed by atoms with Crippen LogP contribution in [0.2, 0.25) is 0 Å². The van der Waals surface area contributed by atoms with Gasteiger partial charge in [0.1, 0.15) is 0 Å². The molecule has 7 heteroatoms. The van der Waals surface area contributed by atoms with E-state index in [9.17, 15) is 9.59 Å². The van der Waals surface area contributed by atoms with Crippen LogP contribution in [0.15, 0.2) is 42.6 Å². The summed E-state index contributed by atoms with van der Waals surface area (Å²) in [5.74, 6) is 0.352. The number of H-pyrrole nitrogens is 1. The van der Waals surface area contributed by atoms with Crippen molar-refractivity contribution < 1.29 is 9.59 Å². The lowest BCUT2D eigenvalue weighted by molar-refractivity contribution is -0.114. The standard InChI is InChI=1S/C19H17N5O2/c1-11(25)22-13-4-2-3-12(9-13)18-20-7-6-16(24-18)17-10-14-15(23-17)5-8-21-19(14)26/h2-4,6-7,9-10,23H,5,8H2,1H3,(H,21,26)(H,22,25). The zero-order chi connectivity index (χ0) is 18.1. The van der Waals surface area contributed by atoms with E-state index in [1.165, 1.54) is 6.92 Å². The predicted octanol–water partition coefficient (Wildman–Crippen LogP) is 2.38. The Morgan fingerprint density at radius 1 is 1.23 bits per heavy atom. The highest BCUT2D eigenvalue weighted by atomic mass is 16.2. The Kier molecular flexibility index (Phi) is 3.96. The van der Waals surface area contributed by atoms with Gasteiger partial charge in [0.2, 0.25) is 5.91 Å². The number of benzene rings is 1. The Bertz CT molecular complexity index is 1010. The number of aromatic nitrogens is 3. The molecule has 3 N–H and O–H groups in total. The molecular weight excluding hydrogens is 330 g/mol. The van der Waals surface area contributed by atoms with Crippen LogP contribution in [0.1, 0.15) is 23.0 Å². The Morgan fingerprint density at radius 2 is 2.12 bits per heavy atom. The summed E-state index contributed by atoms with van der Waals surface area (Å²) in [5, 5.41) is 5.59. The first-order chi connectivity index (χ1) is 12.6. The number of amides is 2. The summed E-state index contributed by atoms with van der Waals surface area (Å²) in [6.07, 6.45) is 2.46. The van der Waals surface area contributed by atoms with Crippen LogP contribution in [-0.2, 0) is 11.2 Å². The lowest BCUT2D eigenvalue weighted by Crippen LogP contribution is -2.31. The maximum atomic E-state index is 11.9. The first kappa shape index (κ1) is 16.0. The predicted molar refractivity (Wildman–Crippen MR) is 97.6 cm³/mol. The fourth-order valence-electron chi connectivity index (χ4n) is 3.02. The molecule has 1 aliphatic rings. The van der Waals surface area contributed by atoms with Crippen molar-refractivity contribution in [2.75, 3.05) is 11.9 Å². The zero-order valence-electron chi connectivity index (χ0n) is 14.2. The average molecular weight is 347 g/mol. The van der Waals surface area contributed by atoms with Crippen LogP contribution >= 0.6 is 0 Å². The number of nitrogens with one attached hydrogen (secondary N) is 3. The summed E-state index contributed by atoms with van der Waals surface area (Å²) in [5.41, 5.74) is 4.58. The minimum atomic E-state index is -0.132. The Balaban J connectivity index is 1.69. The van der Waals surface area contributed by atoms with Crippen LogP contribution in [0.5, 0.6) is 0 Å². The van der Waals surface area contributed by atoms with E-state index in [0.717, 1.165) is 23.4 Å². The van der Waals surface area contributed by atoms with Gasteiger partial charge < -0.3 is 15.6 Å². The van der Waals surface area contributed by atoms with Crippen LogP contribution < -0.4 is 10.6 Å². The highest BCUT2D eigenvalue weighted by Crippen LogP contribution is 2.25. The molecule has 3 aromatic rings. The molecule has 0 aliphatic carbocycles. The molecule has 2 aromatic heterocycles. The summed E-state index contributed by atoms with van der Waals surface area (Å²) in [7, 11) is 0. The third-order valence-electron chi connectivity index (χ3n) is 4.18. The van der Waals surface area contributed by atoms with Crippen LogP contribution in [0.3, 0.4) is 0 Å². The van der Waals surface area contributed by atoms with Crippen molar-refractivity contribution in [1.29, 1.82) is 0 Å². The van der Waals surface area contributed by atoms with E-state index in [2.05, 4.69) is 25.6 Å². The molecule has 0 radical (unpaired) electrons. The number of aromatic amines is 1. The van der Waals surface area contributed by atoms with E-state index in [1.807, 2.05) is 30.3 Å². The van der Waals surface area contributed by atoms with Gasteiger partial charge in [0.05, 0.1) is 17.0 Å². The fourth-order valence-corrected chi connectivity index (χ4v) is 3.02. The first-order valence-corrected chi connectivity index (χ1v) is 8.32. The minimum Gasteiger partial charge on any atom is -0.356 e. The van der Waals surface area contributed by atoms with Crippen LogP contribution in [-0.4, -0.2) is 33.3 Å². The molecule has 3 heterocycles. The highest BCUT2D eigenvalue weighted by Gasteiger charge is 2.20. The molecule has 0 unspecified atom stereocenters. The maximum Gasteiger partial charge on any atom is 0.253 e. The van der Waals surface area contributed by atoms with Crippen molar-refractivity contribution in [3.63, 3.8) is 0 Å². The molecule has 4 rings (SSSR count). The Labute approximate surface area is 149 Å². The van der Waals surface area contributed by atoms with E-state index < -0.39 is 0 Å². The summed E-state index contributed by atoms with van der Waals surface area (Å²) >= 11 is 0. The molecule has 26 heavy (non-hydrogen) atoms. The molecule has 130 valence electrons. The Hall–Kier alpha value is -3.48. The largest absolute Gasteiger partial charge is 0.356 e. The molecular formula is C19H17N5O2. The van der Waals surface area contributed by atoms with Gasteiger partial charge in [-0.25, -0.2) is 9.97 Å². The molecule has 1 aliphatic heterocycles. The first-order valence-electron chi connectivity index (χ1n) is 8.32. The van der Waals surface area contributed by atoms with Gasteiger partial charge in [-0.1, -0.05) is 12.1 Å². The van der Waals surface area contributed by atoms with Crippen LogP contribution in [0, 0.1) is 0 Å². The van der Waals surface area contributed by atoms with E-state index in [1.54, 1.807) is 12.3 Å². The van der Waals surface area contributed by atoms with Crippen molar-refractivity contribution >= 4 is 17.5 Å². The molecule has 1 aromatic carbocycles. The van der Waals surface area contributed by atoms with Gasteiger partial charge in [0.15, 0.2) is 5.82 Å². The number of hydrogen-bond acceptors (Lipinski definition) is 4. The van der Waals surface area contributed by atoms with Crippen LogP contribution in [0.25, 0.3) is 22.8 Å². The van der Waals surface area contributed by atoms with Gasteiger partial charge in [0, 0.05) is 43.0 Å². The van der Waals surface area contributed by atoms with E-state index in [4.69, 9.17) is 0 Å². The number of hydrogen-bond donors (Lipinski definition) is 3. The normalized spacial score (nSPS) is 13.0. The van der Waals surface area contributed by atoms with Crippen molar-refractivity contribution in [2.24, 2.45) is 0 Å². The molecule has 0 spiro atoms. The molecule has 0 saturated heterocycles. The number of anilines is 1. The van der Waals surface area contributed by atoms with Crippen molar-refractivity contribution in [1.82, 2.24) is 20.3 Å². The number of carbonyl (C=O) groups excluding carboxylic acids is 2. The summed E-state index contributed by atoms with van der Waals surface area (Å²) in [6, 6.07) is 11.0. The zero-order valence-corrected chi connectivity index (χ0v) is 14.2. The van der Waals surface area contributed by atoms with Gasteiger partial charge in [0.25, 0.3) is 5.91 Å². The average Bonchev–Trinajstić information content (AvgIpc) is 3.07. The maximum absolute atomic E-state index is 11.9. The molecule has 2 amide bonds. The smallest absolute Gasteiger partial charge is 0.253 e. The van der Waals surface area contributed by atoms with Crippen molar-refractivity contribution in [3.05, 3.63) is 53.9 Å². The quantitative estimate of drug-likeness (QED) is 0.677. The van der Waals surface area contributed by atoms with Gasteiger partial charge in [-0.15, -0.1) is 0 Å². The lowest BCUT2D eigenvalue weighted by Gasteiger charge is -2.10. The second-order valence-electron chi connectivity index (χ2n) is 6.11. The van der Waals surface area contributed by atoms with Gasteiger partial charge in [-0.05, 0) is 24.3 Å². The number of fused-ring (bicyclic) bond motifs is 1. The molecule has 0 fully saturated rings. The lowest BCUT2D eigenvalue weighted by atomic mass is 10.1. The summed E-state index contributed by atoms with van der Waals surface area (Å²) < 4.78 is 0. The SMILES string of the molecule is CC(=O)Nc1cccc(-c2nccc(-c3cc4c([nH]3)CCNC4=O)n2)c1. The van der Waals surface area contributed by atoms with Gasteiger partial charge >= 0.3 is 0 Å². The number of nitrogens with zero attached hydrogens (tertiary/aromatic N) is 2. The number of carbonyl (C=O) groups is 2. The van der Waals surface area contributed by atoms with Gasteiger partial charge in [-0.2, -0.15) is 0 Å². The Morgan fingerprint density at radius 3 is 2.92 bits per heavy atom. The molecule has 0 atom stereocenters. The molecule has 0 saturated carbocycles. The second kappa shape index (κ2) is 6.44. The third kappa shape index (κ3) is 3.06. The molecule has 0 bridgehead atoms. The summed E-state index contributed by atoms with van der Waals surface area (Å²) in [6.45, 7) is 2.10. The van der Waals surface area contributed by atoms with E-state index in [0.29, 0.717) is 29.3 Å². The fraction of sp³-hybridized carbons (Fsp3) is 0.158.